The molecule has 0 radical (unpaired) electrons. The summed E-state index contributed by atoms with van der Waals surface area (Å²) in [6, 6.07) is 11.7. The Morgan fingerprint density at radius 1 is 1.17 bits per heavy atom. The highest BCUT2D eigenvalue weighted by Crippen LogP contribution is 2.27. The van der Waals surface area contributed by atoms with Crippen molar-refractivity contribution in [1.29, 1.82) is 0 Å². The molecule has 3 nitrogen and oxygen atoms in total. The van der Waals surface area contributed by atoms with Gasteiger partial charge in [0.25, 0.3) is 0 Å². The third-order valence-electron chi connectivity index (χ3n) is 3.12. The Morgan fingerprint density at radius 2 is 2.06 bits per heavy atom. The average Bonchev–Trinajstić information content (AvgIpc) is 2.84. The number of pyridine rings is 1. The Labute approximate surface area is 105 Å². The first-order valence-electron chi connectivity index (χ1n) is 5.90. The summed E-state index contributed by atoms with van der Waals surface area (Å²) in [5.41, 5.74) is 7.31. The largest absolute Gasteiger partial charge is 0.464 e. The fourth-order valence-electron chi connectivity index (χ4n) is 2.18. The van der Waals surface area contributed by atoms with Crippen molar-refractivity contribution in [2.24, 2.45) is 5.73 Å². The highest BCUT2D eigenvalue weighted by atomic mass is 16.3. The molecule has 0 saturated heterocycles. The van der Waals surface area contributed by atoms with Gasteiger partial charge in [-0.05, 0) is 36.1 Å². The summed E-state index contributed by atoms with van der Waals surface area (Å²) >= 11 is 0. The third kappa shape index (κ3) is 1.79. The molecule has 0 fully saturated rings. The van der Waals surface area contributed by atoms with Gasteiger partial charge in [-0.25, -0.2) is 0 Å². The predicted molar refractivity (Wildman–Crippen MR) is 71.2 cm³/mol. The van der Waals surface area contributed by atoms with Crippen LogP contribution in [0.15, 0.2) is 53.2 Å². The van der Waals surface area contributed by atoms with E-state index in [4.69, 9.17) is 10.2 Å². The van der Waals surface area contributed by atoms with Gasteiger partial charge in [0.1, 0.15) is 11.5 Å². The van der Waals surface area contributed by atoms with Crippen LogP contribution in [0.1, 0.15) is 23.1 Å². The van der Waals surface area contributed by atoms with E-state index in [1.807, 2.05) is 43.5 Å². The van der Waals surface area contributed by atoms with Crippen molar-refractivity contribution in [3.05, 3.63) is 65.9 Å². The second kappa shape index (κ2) is 4.27. The predicted octanol–water partition coefficient (Wildman–Crippen LogP) is 3.18. The lowest BCUT2D eigenvalue weighted by molar-refractivity contribution is 0.467. The quantitative estimate of drug-likeness (QED) is 0.746. The Bertz CT molecular complexity index is 682. The second-order valence-electron chi connectivity index (χ2n) is 4.37. The molecule has 3 rings (SSSR count). The van der Waals surface area contributed by atoms with Gasteiger partial charge in [0.2, 0.25) is 0 Å². The van der Waals surface area contributed by atoms with Crippen LogP contribution in [0.4, 0.5) is 0 Å². The molecule has 0 bridgehead atoms. The number of hydrogen-bond acceptors (Lipinski definition) is 3. The lowest BCUT2D eigenvalue weighted by Gasteiger charge is -2.12. The Balaban J connectivity index is 2.14. The number of hydrogen-bond donors (Lipinski definition) is 1. The highest BCUT2D eigenvalue weighted by Gasteiger charge is 2.15. The molecule has 2 aromatic heterocycles. The molecule has 18 heavy (non-hydrogen) atoms. The summed E-state index contributed by atoms with van der Waals surface area (Å²) in [5, 5.41) is 2.21. The molecular weight excluding hydrogens is 224 g/mol. The number of aryl methyl sites for hydroxylation is 1. The van der Waals surface area contributed by atoms with E-state index in [1.54, 1.807) is 6.20 Å². The average molecular weight is 238 g/mol. The summed E-state index contributed by atoms with van der Waals surface area (Å²) in [5.74, 6) is 1.66. The zero-order valence-electron chi connectivity index (χ0n) is 10.1. The number of rotatable bonds is 2. The molecular formula is C15H14N2O. The van der Waals surface area contributed by atoms with Crippen LogP contribution in [0.3, 0.4) is 0 Å². The van der Waals surface area contributed by atoms with E-state index in [0.717, 1.165) is 27.9 Å². The van der Waals surface area contributed by atoms with Crippen molar-refractivity contribution in [2.45, 2.75) is 13.0 Å². The van der Waals surface area contributed by atoms with Gasteiger partial charge in [-0.2, -0.15) is 0 Å². The van der Waals surface area contributed by atoms with Crippen molar-refractivity contribution < 1.29 is 4.42 Å². The Morgan fingerprint density at radius 3 is 2.83 bits per heavy atom. The molecule has 2 N–H and O–H groups in total. The van der Waals surface area contributed by atoms with Crippen LogP contribution >= 0.6 is 0 Å². The van der Waals surface area contributed by atoms with Crippen LogP contribution in [0.25, 0.3) is 10.8 Å². The SMILES string of the molecule is Cc1ccc(C(N)c2cccc3ccncc23)o1. The van der Waals surface area contributed by atoms with Crippen molar-refractivity contribution in [1.82, 2.24) is 4.98 Å². The van der Waals surface area contributed by atoms with Crippen LogP contribution in [-0.4, -0.2) is 4.98 Å². The third-order valence-corrected chi connectivity index (χ3v) is 3.12. The van der Waals surface area contributed by atoms with Gasteiger partial charge in [0.05, 0.1) is 6.04 Å². The lowest BCUT2D eigenvalue weighted by atomic mass is 9.99. The topological polar surface area (TPSA) is 52.0 Å². The number of nitrogens with two attached hydrogens (primary N) is 1. The minimum Gasteiger partial charge on any atom is -0.464 e. The minimum atomic E-state index is -0.258. The minimum absolute atomic E-state index is 0.258. The number of aromatic nitrogens is 1. The van der Waals surface area contributed by atoms with Crippen LogP contribution in [0, 0.1) is 6.92 Å². The van der Waals surface area contributed by atoms with Crippen LogP contribution in [0.5, 0.6) is 0 Å². The highest BCUT2D eigenvalue weighted by molar-refractivity contribution is 5.85. The normalized spacial score (nSPS) is 12.8. The number of fused-ring (bicyclic) bond motifs is 1. The zero-order chi connectivity index (χ0) is 12.5. The molecule has 3 aromatic rings. The summed E-state index contributed by atoms with van der Waals surface area (Å²) in [6.07, 6.45) is 3.63. The fourth-order valence-corrected chi connectivity index (χ4v) is 2.18. The van der Waals surface area contributed by atoms with Gasteiger partial charge in [-0.1, -0.05) is 18.2 Å². The number of benzene rings is 1. The van der Waals surface area contributed by atoms with Crippen LogP contribution in [0.2, 0.25) is 0 Å². The van der Waals surface area contributed by atoms with Gasteiger partial charge < -0.3 is 10.2 Å². The van der Waals surface area contributed by atoms with Crippen molar-refractivity contribution in [3.63, 3.8) is 0 Å². The van der Waals surface area contributed by atoms with Crippen LogP contribution in [-0.2, 0) is 0 Å². The van der Waals surface area contributed by atoms with E-state index in [1.165, 1.54) is 0 Å². The molecule has 0 aliphatic rings. The summed E-state index contributed by atoms with van der Waals surface area (Å²) in [6.45, 7) is 1.92. The summed E-state index contributed by atoms with van der Waals surface area (Å²) in [7, 11) is 0. The maximum absolute atomic E-state index is 6.27. The first-order valence-corrected chi connectivity index (χ1v) is 5.90. The molecule has 0 saturated carbocycles. The van der Waals surface area contributed by atoms with E-state index < -0.39 is 0 Å². The number of nitrogens with zero attached hydrogens (tertiary/aromatic N) is 1. The molecule has 3 heteroatoms. The van der Waals surface area contributed by atoms with Crippen molar-refractivity contribution >= 4 is 10.8 Å². The van der Waals surface area contributed by atoms with Crippen LogP contribution < -0.4 is 5.73 Å². The van der Waals surface area contributed by atoms with Gasteiger partial charge in [-0.15, -0.1) is 0 Å². The second-order valence-corrected chi connectivity index (χ2v) is 4.37. The molecule has 0 aliphatic carbocycles. The first-order chi connectivity index (χ1) is 8.75. The Hall–Kier alpha value is -2.13. The van der Waals surface area contributed by atoms with Crippen molar-refractivity contribution in [3.8, 4) is 0 Å². The maximum atomic E-state index is 6.27. The van der Waals surface area contributed by atoms with E-state index in [-0.39, 0.29) is 6.04 Å². The van der Waals surface area contributed by atoms with Gasteiger partial charge in [-0.3, -0.25) is 4.98 Å². The monoisotopic (exact) mass is 238 g/mol. The molecule has 90 valence electrons. The first kappa shape index (κ1) is 11.0. The van der Waals surface area contributed by atoms with E-state index in [0.29, 0.717) is 0 Å². The zero-order valence-corrected chi connectivity index (χ0v) is 10.1. The maximum Gasteiger partial charge on any atom is 0.125 e. The molecule has 0 amide bonds. The van der Waals surface area contributed by atoms with Crippen molar-refractivity contribution in [2.75, 3.05) is 0 Å². The Kier molecular flexibility index (Phi) is 2.61. The standard InChI is InChI=1S/C15H14N2O/c1-10-5-6-14(18-10)15(16)12-4-2-3-11-7-8-17-9-13(11)12/h2-9,15H,16H2,1H3. The fraction of sp³-hybridized carbons (Fsp3) is 0.133. The molecule has 0 aliphatic heterocycles. The van der Waals surface area contributed by atoms with E-state index >= 15 is 0 Å². The molecule has 1 unspecified atom stereocenters. The van der Waals surface area contributed by atoms with E-state index in [9.17, 15) is 0 Å². The van der Waals surface area contributed by atoms with Gasteiger partial charge >= 0.3 is 0 Å². The number of furan rings is 1. The summed E-state index contributed by atoms with van der Waals surface area (Å²) < 4.78 is 5.60. The molecule has 2 heterocycles. The lowest BCUT2D eigenvalue weighted by Crippen LogP contribution is -2.11. The molecule has 1 aromatic carbocycles. The van der Waals surface area contributed by atoms with E-state index in [2.05, 4.69) is 11.1 Å². The smallest absolute Gasteiger partial charge is 0.125 e. The molecule has 1 atom stereocenters. The van der Waals surface area contributed by atoms with Gasteiger partial charge in [0, 0.05) is 17.8 Å². The molecule has 0 spiro atoms. The van der Waals surface area contributed by atoms with Gasteiger partial charge in [0.15, 0.2) is 0 Å². The summed E-state index contributed by atoms with van der Waals surface area (Å²) in [4.78, 5) is 4.17.